The van der Waals surface area contributed by atoms with E-state index in [9.17, 15) is 9.90 Å². The molecule has 0 radical (unpaired) electrons. The second kappa shape index (κ2) is 5.84. The molecule has 0 atom stereocenters. The molecule has 0 aliphatic heterocycles. The number of nitrogens with zero attached hydrogens (tertiary/aromatic N) is 1. The second-order valence-electron chi connectivity index (χ2n) is 4.18. The maximum atomic E-state index is 11.9. The molecule has 2 rings (SSSR count). The third-order valence-corrected chi connectivity index (χ3v) is 3.67. The average molecular weight is 277 g/mol. The molecule has 0 unspecified atom stereocenters. The molecule has 1 aromatic heterocycles. The van der Waals surface area contributed by atoms with E-state index in [1.807, 2.05) is 19.2 Å². The monoisotopic (exact) mass is 277 g/mol. The molecule has 4 nitrogen and oxygen atoms in total. The zero-order chi connectivity index (χ0) is 13.8. The van der Waals surface area contributed by atoms with E-state index >= 15 is 0 Å². The van der Waals surface area contributed by atoms with Crippen molar-refractivity contribution >= 4 is 17.3 Å². The Hall–Kier alpha value is -1.88. The van der Waals surface area contributed by atoms with Crippen molar-refractivity contribution < 1.29 is 14.6 Å². The molecule has 1 heterocycles. The van der Waals surface area contributed by atoms with E-state index in [0.29, 0.717) is 0 Å². The van der Waals surface area contributed by atoms with Gasteiger partial charge in [-0.05, 0) is 25.5 Å². The third kappa shape index (κ3) is 3.32. The fourth-order valence-corrected chi connectivity index (χ4v) is 2.34. The Morgan fingerprint density at radius 1 is 1.47 bits per heavy atom. The van der Waals surface area contributed by atoms with Crippen molar-refractivity contribution in [3.63, 3.8) is 0 Å². The van der Waals surface area contributed by atoms with Gasteiger partial charge in [0.15, 0.2) is 0 Å². The maximum Gasteiger partial charge on any atom is 0.342 e. The van der Waals surface area contributed by atoms with E-state index in [2.05, 4.69) is 4.98 Å². The Labute approximate surface area is 115 Å². The third-order valence-electron chi connectivity index (χ3n) is 2.62. The number of aromatic hydroxyl groups is 1. The van der Waals surface area contributed by atoms with Crippen LogP contribution in [0.4, 0.5) is 0 Å². The quantitative estimate of drug-likeness (QED) is 0.872. The van der Waals surface area contributed by atoms with Gasteiger partial charge in [0, 0.05) is 5.38 Å². The Kier molecular flexibility index (Phi) is 4.16. The largest absolute Gasteiger partial charge is 0.507 e. The van der Waals surface area contributed by atoms with Gasteiger partial charge in [-0.25, -0.2) is 9.78 Å². The van der Waals surface area contributed by atoms with Crippen molar-refractivity contribution in [1.82, 2.24) is 4.98 Å². The fourth-order valence-electron chi connectivity index (χ4n) is 1.61. The Morgan fingerprint density at radius 2 is 2.26 bits per heavy atom. The smallest absolute Gasteiger partial charge is 0.342 e. The van der Waals surface area contributed by atoms with Gasteiger partial charge in [0.25, 0.3) is 0 Å². The lowest BCUT2D eigenvalue weighted by atomic mass is 10.1. The van der Waals surface area contributed by atoms with Crippen LogP contribution < -0.4 is 0 Å². The van der Waals surface area contributed by atoms with Crippen molar-refractivity contribution in [2.45, 2.75) is 26.9 Å². The van der Waals surface area contributed by atoms with E-state index in [-0.39, 0.29) is 17.9 Å². The molecule has 0 aliphatic rings. The Bertz CT molecular complexity index is 592. The molecule has 0 saturated carbocycles. The van der Waals surface area contributed by atoms with Crippen LogP contribution in [0.3, 0.4) is 0 Å². The van der Waals surface area contributed by atoms with Crippen LogP contribution in [0.15, 0.2) is 23.6 Å². The summed E-state index contributed by atoms with van der Waals surface area (Å²) in [5.74, 6) is -0.602. The predicted molar refractivity (Wildman–Crippen MR) is 73.5 cm³/mol. The van der Waals surface area contributed by atoms with Crippen LogP contribution in [0.2, 0.25) is 0 Å². The van der Waals surface area contributed by atoms with Crippen LogP contribution >= 0.6 is 11.3 Å². The lowest BCUT2D eigenvalue weighted by Gasteiger charge is -2.05. The van der Waals surface area contributed by atoms with Gasteiger partial charge in [0.2, 0.25) is 0 Å². The number of phenols is 1. The van der Waals surface area contributed by atoms with E-state index in [4.69, 9.17) is 4.74 Å². The summed E-state index contributed by atoms with van der Waals surface area (Å²) in [7, 11) is 0. The summed E-state index contributed by atoms with van der Waals surface area (Å²) in [6.45, 7) is 4.01. The molecular weight excluding hydrogens is 262 g/mol. The molecular formula is C14H15NO3S. The van der Waals surface area contributed by atoms with Crippen LogP contribution in [-0.2, 0) is 17.8 Å². The summed E-state index contributed by atoms with van der Waals surface area (Å²) in [6, 6.07) is 4.83. The van der Waals surface area contributed by atoms with E-state index in [1.165, 1.54) is 6.07 Å². The van der Waals surface area contributed by atoms with Gasteiger partial charge in [0.1, 0.15) is 17.9 Å². The van der Waals surface area contributed by atoms with Crippen LogP contribution in [0.25, 0.3) is 0 Å². The number of phenolic OH excluding ortho intramolecular Hbond substituents is 1. The first-order valence-electron chi connectivity index (χ1n) is 6.00. The van der Waals surface area contributed by atoms with E-state index < -0.39 is 5.97 Å². The number of hydrogen-bond donors (Lipinski definition) is 1. The van der Waals surface area contributed by atoms with Gasteiger partial charge in [-0.15, -0.1) is 11.3 Å². The van der Waals surface area contributed by atoms with E-state index in [1.54, 1.807) is 23.5 Å². The topological polar surface area (TPSA) is 59.4 Å². The Balaban J connectivity index is 2.03. The number of carbonyl (C=O) groups is 1. The normalized spacial score (nSPS) is 10.4. The van der Waals surface area contributed by atoms with Crippen LogP contribution in [0, 0.1) is 6.92 Å². The summed E-state index contributed by atoms with van der Waals surface area (Å²) < 4.78 is 5.15. The molecule has 0 bridgehead atoms. The number of thiazole rings is 1. The van der Waals surface area contributed by atoms with Crippen molar-refractivity contribution in [3.05, 3.63) is 45.4 Å². The molecule has 0 aliphatic carbocycles. The average Bonchev–Trinajstić information content (AvgIpc) is 2.87. The first kappa shape index (κ1) is 13.5. The number of hydrogen-bond acceptors (Lipinski definition) is 5. The number of benzene rings is 1. The summed E-state index contributed by atoms with van der Waals surface area (Å²) in [5.41, 5.74) is 1.82. The predicted octanol–water partition coefficient (Wildman–Crippen LogP) is 3.08. The maximum absolute atomic E-state index is 11.9. The minimum atomic E-state index is -0.535. The van der Waals surface area contributed by atoms with Gasteiger partial charge in [0.05, 0.1) is 10.7 Å². The summed E-state index contributed by atoms with van der Waals surface area (Å²) in [4.78, 5) is 16.2. The molecule has 19 heavy (non-hydrogen) atoms. The summed E-state index contributed by atoms with van der Waals surface area (Å²) in [6.07, 6.45) is 0.872. The van der Waals surface area contributed by atoms with Crippen molar-refractivity contribution in [1.29, 1.82) is 0 Å². The van der Waals surface area contributed by atoms with Crippen LogP contribution in [0.1, 0.15) is 33.5 Å². The highest BCUT2D eigenvalue weighted by molar-refractivity contribution is 7.09. The molecule has 100 valence electrons. The van der Waals surface area contributed by atoms with Gasteiger partial charge in [-0.3, -0.25) is 0 Å². The number of ether oxygens (including phenoxy) is 1. The number of esters is 1. The highest BCUT2D eigenvalue weighted by Gasteiger charge is 2.13. The highest BCUT2D eigenvalue weighted by atomic mass is 32.1. The minimum Gasteiger partial charge on any atom is -0.507 e. The standard InChI is InChI=1S/C14H15NO3S/c1-3-13-15-10(8-19-13)7-18-14(17)11-6-9(2)4-5-12(11)16/h4-6,8,16H,3,7H2,1-2H3. The van der Waals surface area contributed by atoms with Crippen molar-refractivity contribution in [3.8, 4) is 5.75 Å². The molecule has 0 fully saturated rings. The highest BCUT2D eigenvalue weighted by Crippen LogP contribution is 2.20. The van der Waals surface area contributed by atoms with Crippen molar-refractivity contribution in [2.75, 3.05) is 0 Å². The van der Waals surface area contributed by atoms with Gasteiger partial charge >= 0.3 is 5.97 Å². The van der Waals surface area contributed by atoms with Gasteiger partial charge < -0.3 is 9.84 Å². The SMILES string of the molecule is CCc1nc(COC(=O)c2cc(C)ccc2O)cs1. The lowest BCUT2D eigenvalue weighted by Crippen LogP contribution is -2.06. The first-order chi connectivity index (χ1) is 9.10. The zero-order valence-corrected chi connectivity index (χ0v) is 11.7. The number of rotatable bonds is 4. The van der Waals surface area contributed by atoms with E-state index in [0.717, 1.165) is 22.7 Å². The molecule has 0 saturated heterocycles. The lowest BCUT2D eigenvalue weighted by molar-refractivity contribution is 0.0465. The summed E-state index contributed by atoms with van der Waals surface area (Å²) >= 11 is 1.55. The van der Waals surface area contributed by atoms with Gasteiger partial charge in [-0.1, -0.05) is 18.6 Å². The fraction of sp³-hybridized carbons (Fsp3) is 0.286. The van der Waals surface area contributed by atoms with Crippen LogP contribution in [0.5, 0.6) is 5.75 Å². The first-order valence-corrected chi connectivity index (χ1v) is 6.88. The molecule has 1 aromatic carbocycles. The molecule has 1 N–H and O–H groups in total. The molecule has 0 spiro atoms. The zero-order valence-electron chi connectivity index (χ0n) is 10.8. The molecule has 0 amide bonds. The second-order valence-corrected chi connectivity index (χ2v) is 5.13. The Morgan fingerprint density at radius 3 is 2.95 bits per heavy atom. The molecule has 2 aromatic rings. The number of aryl methyl sites for hydroxylation is 2. The van der Waals surface area contributed by atoms with Crippen molar-refractivity contribution in [2.24, 2.45) is 0 Å². The molecule has 5 heteroatoms. The van der Waals surface area contributed by atoms with Gasteiger partial charge in [-0.2, -0.15) is 0 Å². The number of aromatic nitrogens is 1. The number of carbonyl (C=O) groups excluding carboxylic acids is 1. The summed E-state index contributed by atoms with van der Waals surface area (Å²) in [5, 5.41) is 12.5. The minimum absolute atomic E-state index is 0.0666. The van der Waals surface area contributed by atoms with Crippen LogP contribution in [-0.4, -0.2) is 16.1 Å².